The van der Waals surface area contributed by atoms with E-state index in [1.165, 1.54) is 0 Å². The molecule has 18 heavy (non-hydrogen) atoms. The van der Waals surface area contributed by atoms with Crippen molar-refractivity contribution >= 4 is 11.6 Å². The lowest BCUT2D eigenvalue weighted by molar-refractivity contribution is -0.117. The number of carbonyl (C=O) groups excluding carboxylic acids is 1. The maximum Gasteiger partial charge on any atom is 0.241 e. The third-order valence-corrected chi connectivity index (χ3v) is 2.79. The summed E-state index contributed by atoms with van der Waals surface area (Å²) in [5.41, 5.74) is 7.68. The number of anilines is 1. The second-order valence-electron chi connectivity index (χ2n) is 4.28. The zero-order valence-electron chi connectivity index (χ0n) is 11.1. The van der Waals surface area contributed by atoms with Crippen molar-refractivity contribution in [3.8, 4) is 0 Å². The lowest BCUT2D eigenvalue weighted by atomic mass is 10.1. The van der Waals surface area contributed by atoms with Crippen LogP contribution in [-0.4, -0.2) is 25.7 Å². The van der Waals surface area contributed by atoms with Gasteiger partial charge in [-0.2, -0.15) is 0 Å². The molecule has 0 aromatic heterocycles. The van der Waals surface area contributed by atoms with Gasteiger partial charge in [0.05, 0.1) is 12.6 Å². The lowest BCUT2D eigenvalue weighted by Gasteiger charge is -2.14. The van der Waals surface area contributed by atoms with Crippen molar-refractivity contribution in [1.29, 1.82) is 0 Å². The lowest BCUT2D eigenvalue weighted by Crippen LogP contribution is -2.35. The average Bonchev–Trinajstić information content (AvgIpc) is 2.38. The molecule has 1 amide bonds. The van der Waals surface area contributed by atoms with Gasteiger partial charge in [0.25, 0.3) is 0 Å². The Labute approximate surface area is 109 Å². The summed E-state index contributed by atoms with van der Waals surface area (Å²) in [7, 11) is 1.67. The fourth-order valence-electron chi connectivity index (χ4n) is 1.74. The molecule has 0 saturated carbocycles. The van der Waals surface area contributed by atoms with Gasteiger partial charge in [-0.25, -0.2) is 0 Å². The molecule has 0 saturated heterocycles. The number of methoxy groups -OCH3 is 1. The van der Waals surface area contributed by atoms with Crippen LogP contribution in [0.3, 0.4) is 0 Å². The fraction of sp³-hybridized carbons (Fsp3) is 0.500. The van der Waals surface area contributed by atoms with E-state index in [4.69, 9.17) is 10.5 Å². The largest absolute Gasteiger partial charge is 0.384 e. The molecule has 0 aliphatic carbocycles. The molecule has 0 fully saturated rings. The Morgan fingerprint density at radius 3 is 2.83 bits per heavy atom. The molecule has 1 aromatic carbocycles. The van der Waals surface area contributed by atoms with Crippen LogP contribution in [0.2, 0.25) is 0 Å². The predicted octanol–water partition coefficient (Wildman–Crippen LogP) is 1.94. The Kier molecular flexibility index (Phi) is 6.39. The van der Waals surface area contributed by atoms with Crippen LogP contribution in [0.5, 0.6) is 0 Å². The molecule has 1 atom stereocenters. The Bertz CT molecular complexity index is 380. The van der Waals surface area contributed by atoms with Crippen LogP contribution in [0.4, 0.5) is 5.69 Å². The zero-order valence-corrected chi connectivity index (χ0v) is 11.1. The van der Waals surface area contributed by atoms with E-state index in [9.17, 15) is 4.79 Å². The summed E-state index contributed by atoms with van der Waals surface area (Å²) in [5.74, 6) is -0.123. The van der Waals surface area contributed by atoms with Crippen molar-refractivity contribution in [2.45, 2.75) is 32.2 Å². The van der Waals surface area contributed by atoms with Gasteiger partial charge in [-0.05, 0) is 24.5 Å². The van der Waals surface area contributed by atoms with Crippen molar-refractivity contribution in [3.63, 3.8) is 0 Å². The summed E-state index contributed by atoms with van der Waals surface area (Å²) in [6.07, 6.45) is 2.38. The van der Waals surface area contributed by atoms with E-state index in [0.29, 0.717) is 13.0 Å². The standard InChI is InChI=1S/C14H22N2O2/c1-3-6-12(15)14(17)16-13-8-5-4-7-11(13)9-10-18-2/h4-5,7-8,12H,3,6,9-10,15H2,1-2H3,(H,16,17)/t12-/m1/s1. The molecule has 0 bridgehead atoms. The van der Waals surface area contributed by atoms with E-state index < -0.39 is 6.04 Å². The molecule has 3 N–H and O–H groups in total. The molecule has 0 unspecified atom stereocenters. The minimum absolute atomic E-state index is 0.123. The van der Waals surface area contributed by atoms with Crippen LogP contribution in [-0.2, 0) is 16.0 Å². The normalized spacial score (nSPS) is 12.2. The van der Waals surface area contributed by atoms with E-state index in [2.05, 4.69) is 5.32 Å². The minimum Gasteiger partial charge on any atom is -0.384 e. The molecule has 0 radical (unpaired) electrons. The number of amides is 1. The first-order valence-corrected chi connectivity index (χ1v) is 6.32. The third-order valence-electron chi connectivity index (χ3n) is 2.79. The number of hydrogen-bond donors (Lipinski definition) is 2. The monoisotopic (exact) mass is 250 g/mol. The van der Waals surface area contributed by atoms with E-state index in [1.54, 1.807) is 7.11 Å². The van der Waals surface area contributed by atoms with Gasteiger partial charge < -0.3 is 15.8 Å². The highest BCUT2D eigenvalue weighted by atomic mass is 16.5. The van der Waals surface area contributed by atoms with Gasteiger partial charge in [-0.1, -0.05) is 31.5 Å². The number of ether oxygens (including phenoxy) is 1. The van der Waals surface area contributed by atoms with Gasteiger partial charge in [-0.3, -0.25) is 4.79 Å². The molecule has 1 aromatic rings. The number of hydrogen-bond acceptors (Lipinski definition) is 3. The van der Waals surface area contributed by atoms with Gasteiger partial charge in [0.1, 0.15) is 0 Å². The van der Waals surface area contributed by atoms with Crippen LogP contribution in [0.25, 0.3) is 0 Å². The molecule has 0 aliphatic rings. The topological polar surface area (TPSA) is 64.4 Å². The highest BCUT2D eigenvalue weighted by Crippen LogP contribution is 2.16. The predicted molar refractivity (Wildman–Crippen MR) is 73.5 cm³/mol. The summed E-state index contributed by atoms with van der Waals surface area (Å²) in [4.78, 5) is 11.9. The molecular weight excluding hydrogens is 228 g/mol. The Morgan fingerprint density at radius 2 is 2.17 bits per heavy atom. The van der Waals surface area contributed by atoms with Crippen molar-refractivity contribution in [2.75, 3.05) is 19.0 Å². The number of nitrogens with one attached hydrogen (secondary N) is 1. The quantitative estimate of drug-likeness (QED) is 0.777. The highest BCUT2D eigenvalue weighted by Gasteiger charge is 2.13. The van der Waals surface area contributed by atoms with Crippen molar-refractivity contribution in [3.05, 3.63) is 29.8 Å². The van der Waals surface area contributed by atoms with E-state index in [1.807, 2.05) is 31.2 Å². The van der Waals surface area contributed by atoms with Crippen molar-refractivity contribution in [2.24, 2.45) is 5.73 Å². The summed E-state index contributed by atoms with van der Waals surface area (Å²) < 4.78 is 5.05. The van der Waals surface area contributed by atoms with Crippen LogP contribution in [0, 0.1) is 0 Å². The Hall–Kier alpha value is -1.39. The SMILES string of the molecule is CCC[C@@H](N)C(=O)Nc1ccccc1CCOC. The Balaban J connectivity index is 2.68. The first kappa shape index (κ1) is 14.7. The Morgan fingerprint density at radius 1 is 1.44 bits per heavy atom. The molecule has 4 nitrogen and oxygen atoms in total. The van der Waals surface area contributed by atoms with E-state index in [-0.39, 0.29) is 5.91 Å². The van der Waals surface area contributed by atoms with Gasteiger partial charge in [0.2, 0.25) is 5.91 Å². The molecule has 0 heterocycles. The fourth-order valence-corrected chi connectivity index (χ4v) is 1.74. The number of rotatable bonds is 7. The second kappa shape index (κ2) is 7.84. The molecule has 4 heteroatoms. The number of benzene rings is 1. The first-order chi connectivity index (χ1) is 8.69. The summed E-state index contributed by atoms with van der Waals surface area (Å²) in [5, 5.41) is 2.88. The van der Waals surface area contributed by atoms with E-state index in [0.717, 1.165) is 24.1 Å². The highest BCUT2D eigenvalue weighted by molar-refractivity contribution is 5.95. The molecule has 0 spiro atoms. The number of carbonyl (C=O) groups is 1. The van der Waals surface area contributed by atoms with Crippen molar-refractivity contribution in [1.82, 2.24) is 0 Å². The van der Waals surface area contributed by atoms with Crippen LogP contribution < -0.4 is 11.1 Å². The van der Waals surface area contributed by atoms with Gasteiger partial charge in [-0.15, -0.1) is 0 Å². The maximum atomic E-state index is 11.9. The van der Waals surface area contributed by atoms with Gasteiger partial charge >= 0.3 is 0 Å². The first-order valence-electron chi connectivity index (χ1n) is 6.32. The summed E-state index contributed by atoms with van der Waals surface area (Å²) >= 11 is 0. The molecular formula is C14H22N2O2. The van der Waals surface area contributed by atoms with Gasteiger partial charge in [0, 0.05) is 12.8 Å². The molecule has 100 valence electrons. The second-order valence-corrected chi connectivity index (χ2v) is 4.28. The number of nitrogens with two attached hydrogens (primary N) is 1. The van der Waals surface area contributed by atoms with Crippen LogP contribution >= 0.6 is 0 Å². The van der Waals surface area contributed by atoms with Crippen molar-refractivity contribution < 1.29 is 9.53 Å². The zero-order chi connectivity index (χ0) is 13.4. The van der Waals surface area contributed by atoms with E-state index >= 15 is 0 Å². The minimum atomic E-state index is -0.439. The van der Waals surface area contributed by atoms with Gasteiger partial charge in [0.15, 0.2) is 0 Å². The van der Waals surface area contributed by atoms with Crippen LogP contribution in [0.15, 0.2) is 24.3 Å². The summed E-state index contributed by atoms with van der Waals surface area (Å²) in [6.45, 7) is 2.65. The average molecular weight is 250 g/mol. The summed E-state index contributed by atoms with van der Waals surface area (Å²) in [6, 6.07) is 7.29. The smallest absolute Gasteiger partial charge is 0.241 e. The maximum absolute atomic E-state index is 11.9. The molecule has 0 aliphatic heterocycles. The molecule has 1 rings (SSSR count). The third kappa shape index (κ3) is 4.47. The number of para-hydroxylation sites is 1. The van der Waals surface area contributed by atoms with Crippen LogP contribution in [0.1, 0.15) is 25.3 Å².